The molecule has 0 heterocycles. The molecule has 0 saturated heterocycles. The zero-order valence-corrected chi connectivity index (χ0v) is 14.7. The minimum absolute atomic E-state index is 0.0377. The van der Waals surface area contributed by atoms with Gasteiger partial charge in [0.2, 0.25) is 5.91 Å². The number of hydrogen-bond acceptors (Lipinski definition) is 2. The maximum Gasteiger partial charge on any atom is 0.224 e. The second kappa shape index (κ2) is 7.08. The van der Waals surface area contributed by atoms with Gasteiger partial charge in [-0.25, -0.2) is 0 Å². The predicted molar refractivity (Wildman–Crippen MR) is 97.6 cm³/mol. The third kappa shape index (κ3) is 3.97. The third-order valence-corrected chi connectivity index (χ3v) is 4.49. The fraction of sp³-hybridized carbons (Fsp3) is 0.381. The molecule has 0 aliphatic heterocycles. The molecule has 1 saturated carbocycles. The van der Waals surface area contributed by atoms with E-state index in [0.29, 0.717) is 18.9 Å². The Kier molecular flexibility index (Phi) is 4.89. The largest absolute Gasteiger partial charge is 0.489 e. The summed E-state index contributed by atoms with van der Waals surface area (Å²) in [4.78, 5) is 11.8. The van der Waals surface area contributed by atoms with Crippen molar-refractivity contribution in [1.29, 1.82) is 0 Å². The van der Waals surface area contributed by atoms with Crippen molar-refractivity contribution < 1.29 is 9.53 Å². The monoisotopic (exact) mass is 323 g/mol. The molecule has 0 aromatic heterocycles. The number of carbonyl (C=O) groups excluding carboxylic acids is 1. The van der Waals surface area contributed by atoms with Gasteiger partial charge < -0.3 is 10.1 Å². The van der Waals surface area contributed by atoms with E-state index in [1.54, 1.807) is 0 Å². The molecule has 24 heavy (non-hydrogen) atoms. The molecule has 126 valence electrons. The van der Waals surface area contributed by atoms with Crippen molar-refractivity contribution >= 4 is 11.6 Å². The van der Waals surface area contributed by atoms with E-state index < -0.39 is 0 Å². The van der Waals surface area contributed by atoms with Gasteiger partial charge in [0.05, 0.1) is 0 Å². The van der Waals surface area contributed by atoms with E-state index >= 15 is 0 Å². The maximum absolute atomic E-state index is 11.8. The van der Waals surface area contributed by atoms with E-state index in [0.717, 1.165) is 22.6 Å². The first-order chi connectivity index (χ1) is 11.6. The van der Waals surface area contributed by atoms with E-state index in [-0.39, 0.29) is 5.91 Å². The second-order valence-corrected chi connectivity index (χ2v) is 6.65. The third-order valence-electron chi connectivity index (χ3n) is 4.49. The van der Waals surface area contributed by atoms with Gasteiger partial charge in [-0.05, 0) is 55.9 Å². The average molecular weight is 323 g/mol. The Balaban J connectivity index is 1.79. The highest BCUT2D eigenvalue weighted by Gasteiger charge is 2.24. The molecule has 1 aliphatic carbocycles. The van der Waals surface area contributed by atoms with Gasteiger partial charge in [-0.15, -0.1) is 0 Å². The van der Waals surface area contributed by atoms with Crippen LogP contribution in [-0.2, 0) is 11.4 Å². The molecule has 1 amide bonds. The summed E-state index contributed by atoms with van der Waals surface area (Å²) in [7, 11) is 0. The molecule has 0 spiro atoms. The normalized spacial score (nSPS) is 13.6. The molecule has 2 aromatic rings. The van der Waals surface area contributed by atoms with E-state index in [1.165, 1.54) is 24.0 Å². The molecule has 1 N–H and O–H groups in total. The van der Waals surface area contributed by atoms with Crippen molar-refractivity contribution in [2.75, 3.05) is 5.32 Å². The smallest absolute Gasteiger partial charge is 0.224 e. The van der Waals surface area contributed by atoms with Gasteiger partial charge >= 0.3 is 0 Å². The van der Waals surface area contributed by atoms with Crippen LogP contribution in [0.15, 0.2) is 36.4 Å². The van der Waals surface area contributed by atoms with Crippen molar-refractivity contribution in [2.24, 2.45) is 0 Å². The zero-order valence-electron chi connectivity index (χ0n) is 14.7. The number of benzene rings is 2. The number of anilines is 1. The molecule has 3 heteroatoms. The molecule has 1 aliphatic rings. The molecular weight excluding hydrogens is 298 g/mol. The maximum atomic E-state index is 11.8. The van der Waals surface area contributed by atoms with Gasteiger partial charge in [0.1, 0.15) is 12.4 Å². The van der Waals surface area contributed by atoms with Crippen LogP contribution < -0.4 is 10.1 Å². The highest BCUT2D eigenvalue weighted by atomic mass is 16.5. The lowest BCUT2D eigenvalue weighted by molar-refractivity contribution is -0.115. The number of carbonyl (C=O) groups is 1. The molecular formula is C21H25NO2. The van der Waals surface area contributed by atoms with Crippen molar-refractivity contribution in [1.82, 2.24) is 0 Å². The fourth-order valence-corrected chi connectivity index (χ4v) is 2.86. The lowest BCUT2D eigenvalue weighted by atomic mass is 10.1. The molecule has 0 bridgehead atoms. The van der Waals surface area contributed by atoms with Crippen molar-refractivity contribution in [2.45, 2.75) is 52.6 Å². The van der Waals surface area contributed by atoms with Crippen LogP contribution in [0.25, 0.3) is 0 Å². The number of hydrogen-bond donors (Lipinski definition) is 1. The number of aryl methyl sites for hydroxylation is 2. The van der Waals surface area contributed by atoms with E-state index in [9.17, 15) is 4.79 Å². The number of ether oxygens (including phenoxy) is 1. The summed E-state index contributed by atoms with van der Waals surface area (Å²) in [6.45, 7) is 6.45. The van der Waals surface area contributed by atoms with Crippen LogP contribution in [0, 0.1) is 13.8 Å². The predicted octanol–water partition coefficient (Wildman–Crippen LogP) is 5.11. The Morgan fingerprint density at radius 2 is 1.96 bits per heavy atom. The van der Waals surface area contributed by atoms with Gasteiger partial charge in [-0.1, -0.05) is 36.8 Å². The second-order valence-electron chi connectivity index (χ2n) is 6.65. The van der Waals surface area contributed by atoms with Crippen LogP contribution in [0.4, 0.5) is 5.69 Å². The Morgan fingerprint density at radius 1 is 1.17 bits per heavy atom. The quantitative estimate of drug-likeness (QED) is 0.802. The SMILES string of the molecule is CCC(=O)Nc1cc(C2CC2)ccc1COc1ccc(C)cc1C. The van der Waals surface area contributed by atoms with Crippen LogP contribution in [0.1, 0.15) is 54.4 Å². The van der Waals surface area contributed by atoms with Crippen molar-refractivity contribution in [3.05, 3.63) is 58.7 Å². The number of amides is 1. The van der Waals surface area contributed by atoms with Gasteiger partial charge in [0, 0.05) is 17.7 Å². The standard InChI is InChI=1S/C21H25NO2/c1-4-21(23)22-19-12-17(16-6-7-16)8-9-18(19)13-24-20-10-5-14(2)11-15(20)3/h5,8-12,16H,4,6-7,13H2,1-3H3,(H,22,23). The molecule has 0 unspecified atom stereocenters. The van der Waals surface area contributed by atoms with Gasteiger partial charge in [0.15, 0.2) is 0 Å². The van der Waals surface area contributed by atoms with Crippen LogP contribution in [0.5, 0.6) is 5.75 Å². The van der Waals surface area contributed by atoms with E-state index in [4.69, 9.17) is 4.74 Å². The first kappa shape index (κ1) is 16.6. The van der Waals surface area contributed by atoms with Gasteiger partial charge in [-0.3, -0.25) is 4.79 Å². The molecule has 2 aromatic carbocycles. The zero-order chi connectivity index (χ0) is 17.1. The lowest BCUT2D eigenvalue weighted by Crippen LogP contribution is -2.12. The van der Waals surface area contributed by atoms with Gasteiger partial charge in [0.25, 0.3) is 0 Å². The Labute approximate surface area is 144 Å². The van der Waals surface area contributed by atoms with Crippen LogP contribution in [0.2, 0.25) is 0 Å². The van der Waals surface area contributed by atoms with Crippen LogP contribution in [0.3, 0.4) is 0 Å². The first-order valence-corrected chi connectivity index (χ1v) is 8.69. The van der Waals surface area contributed by atoms with Crippen molar-refractivity contribution in [3.8, 4) is 5.75 Å². The van der Waals surface area contributed by atoms with E-state index in [1.807, 2.05) is 13.0 Å². The Bertz CT molecular complexity index is 747. The summed E-state index contributed by atoms with van der Waals surface area (Å²) >= 11 is 0. The fourth-order valence-electron chi connectivity index (χ4n) is 2.86. The Hall–Kier alpha value is -2.29. The summed E-state index contributed by atoms with van der Waals surface area (Å²) in [5.41, 5.74) is 5.57. The number of rotatable bonds is 6. The van der Waals surface area contributed by atoms with Crippen LogP contribution in [-0.4, -0.2) is 5.91 Å². The van der Waals surface area contributed by atoms with Gasteiger partial charge in [-0.2, -0.15) is 0 Å². The molecule has 0 atom stereocenters. The van der Waals surface area contributed by atoms with Crippen molar-refractivity contribution in [3.63, 3.8) is 0 Å². The molecule has 1 fully saturated rings. The van der Waals surface area contributed by atoms with Crippen LogP contribution >= 0.6 is 0 Å². The topological polar surface area (TPSA) is 38.3 Å². The summed E-state index contributed by atoms with van der Waals surface area (Å²) in [6, 6.07) is 12.5. The Morgan fingerprint density at radius 3 is 2.62 bits per heavy atom. The molecule has 3 rings (SSSR count). The highest BCUT2D eigenvalue weighted by molar-refractivity contribution is 5.91. The minimum atomic E-state index is 0.0377. The average Bonchev–Trinajstić information content (AvgIpc) is 3.39. The summed E-state index contributed by atoms with van der Waals surface area (Å²) in [5.74, 6) is 1.59. The summed E-state index contributed by atoms with van der Waals surface area (Å²) in [6.07, 6.45) is 2.98. The molecule has 0 radical (unpaired) electrons. The molecule has 3 nitrogen and oxygen atoms in total. The number of nitrogens with one attached hydrogen (secondary N) is 1. The van der Waals surface area contributed by atoms with E-state index in [2.05, 4.69) is 49.5 Å². The summed E-state index contributed by atoms with van der Waals surface area (Å²) < 4.78 is 6.00. The summed E-state index contributed by atoms with van der Waals surface area (Å²) in [5, 5.41) is 3.02. The minimum Gasteiger partial charge on any atom is -0.489 e. The first-order valence-electron chi connectivity index (χ1n) is 8.69. The lowest BCUT2D eigenvalue weighted by Gasteiger charge is -2.15. The highest BCUT2D eigenvalue weighted by Crippen LogP contribution is 2.41.